The van der Waals surface area contributed by atoms with Crippen molar-refractivity contribution in [3.63, 3.8) is 0 Å². The molecule has 0 fully saturated rings. The Balaban J connectivity index is 2.34. The first-order valence-electron chi connectivity index (χ1n) is 5.17. The summed E-state index contributed by atoms with van der Waals surface area (Å²) in [5, 5.41) is 9.04. The standard InChI is InChI=1S/C12H9ClN4O2/c1-18-11-10(15)12(17-6-16-11)19-9-3-2-7(5-14)4-8(9)13/h2-4,6H,15H2,1H3. The lowest BCUT2D eigenvalue weighted by atomic mass is 10.2. The van der Waals surface area contributed by atoms with Gasteiger partial charge in [0.15, 0.2) is 5.69 Å². The number of hydrogen-bond acceptors (Lipinski definition) is 6. The molecule has 0 atom stereocenters. The van der Waals surface area contributed by atoms with Crippen LogP contribution in [0.1, 0.15) is 5.56 Å². The zero-order valence-electron chi connectivity index (χ0n) is 9.92. The molecule has 1 heterocycles. The van der Waals surface area contributed by atoms with Crippen molar-refractivity contribution in [3.8, 4) is 23.6 Å². The van der Waals surface area contributed by atoms with Crippen LogP contribution in [0.2, 0.25) is 5.02 Å². The molecule has 0 bridgehead atoms. The lowest BCUT2D eigenvalue weighted by Crippen LogP contribution is -2.00. The number of nitrogen functional groups attached to an aromatic ring is 1. The topological polar surface area (TPSA) is 94.0 Å². The van der Waals surface area contributed by atoms with Gasteiger partial charge in [-0.15, -0.1) is 0 Å². The summed E-state index contributed by atoms with van der Waals surface area (Å²) in [6.07, 6.45) is 1.27. The van der Waals surface area contributed by atoms with Crippen molar-refractivity contribution in [3.05, 3.63) is 35.1 Å². The largest absolute Gasteiger partial charge is 0.479 e. The van der Waals surface area contributed by atoms with Crippen LogP contribution in [0.3, 0.4) is 0 Å². The number of methoxy groups -OCH3 is 1. The Hall–Kier alpha value is -2.52. The highest BCUT2D eigenvalue weighted by Crippen LogP contribution is 2.34. The number of halogens is 1. The van der Waals surface area contributed by atoms with E-state index in [1.54, 1.807) is 12.1 Å². The molecule has 6 nitrogen and oxygen atoms in total. The number of anilines is 1. The Labute approximate surface area is 114 Å². The lowest BCUT2D eigenvalue weighted by Gasteiger charge is -2.10. The number of rotatable bonds is 3. The van der Waals surface area contributed by atoms with Gasteiger partial charge in [-0.05, 0) is 18.2 Å². The summed E-state index contributed by atoms with van der Waals surface area (Å²) >= 11 is 5.99. The molecule has 0 saturated carbocycles. The fourth-order valence-electron chi connectivity index (χ4n) is 1.37. The quantitative estimate of drug-likeness (QED) is 0.925. The van der Waals surface area contributed by atoms with Gasteiger partial charge in [-0.3, -0.25) is 0 Å². The summed E-state index contributed by atoms with van der Waals surface area (Å²) in [6.45, 7) is 0. The van der Waals surface area contributed by atoms with Crippen LogP contribution in [-0.4, -0.2) is 17.1 Å². The number of benzene rings is 1. The molecule has 0 unspecified atom stereocenters. The van der Waals surface area contributed by atoms with Crippen LogP contribution < -0.4 is 15.2 Å². The molecule has 0 radical (unpaired) electrons. The van der Waals surface area contributed by atoms with Crippen LogP contribution in [0.15, 0.2) is 24.5 Å². The Bertz CT molecular complexity index is 655. The molecule has 0 spiro atoms. The predicted molar refractivity (Wildman–Crippen MR) is 69.2 cm³/mol. The maximum atomic E-state index is 8.75. The molecule has 19 heavy (non-hydrogen) atoms. The third-order valence-electron chi connectivity index (χ3n) is 2.27. The predicted octanol–water partition coefficient (Wildman–Crippen LogP) is 2.38. The van der Waals surface area contributed by atoms with Crippen LogP contribution >= 0.6 is 11.6 Å². The Kier molecular flexibility index (Phi) is 3.68. The molecule has 0 amide bonds. The summed E-state index contributed by atoms with van der Waals surface area (Å²) in [7, 11) is 1.44. The Morgan fingerprint density at radius 2 is 2.05 bits per heavy atom. The summed E-state index contributed by atoms with van der Waals surface area (Å²) in [4.78, 5) is 7.74. The van der Waals surface area contributed by atoms with E-state index in [0.29, 0.717) is 11.3 Å². The number of aromatic nitrogens is 2. The van der Waals surface area contributed by atoms with E-state index in [1.165, 1.54) is 19.5 Å². The minimum absolute atomic E-state index is 0.137. The fourth-order valence-corrected chi connectivity index (χ4v) is 1.58. The summed E-state index contributed by atoms with van der Waals surface area (Å²) in [5.41, 5.74) is 6.38. The second-order valence-electron chi connectivity index (χ2n) is 3.46. The van der Waals surface area contributed by atoms with E-state index in [9.17, 15) is 0 Å². The highest BCUT2D eigenvalue weighted by atomic mass is 35.5. The smallest absolute Gasteiger partial charge is 0.249 e. The molecule has 0 aliphatic heterocycles. The SMILES string of the molecule is COc1ncnc(Oc2ccc(C#N)cc2Cl)c1N. The highest BCUT2D eigenvalue weighted by Gasteiger charge is 2.12. The van der Waals surface area contributed by atoms with Crippen molar-refractivity contribution in [1.82, 2.24) is 9.97 Å². The summed E-state index contributed by atoms with van der Waals surface area (Å²) < 4.78 is 10.4. The number of ether oxygens (including phenoxy) is 2. The van der Waals surface area contributed by atoms with Crippen molar-refractivity contribution in [2.45, 2.75) is 0 Å². The molecule has 1 aromatic heterocycles. The van der Waals surface area contributed by atoms with E-state index in [1.807, 2.05) is 6.07 Å². The number of nitrogens with zero attached hydrogens (tertiary/aromatic N) is 3. The third-order valence-corrected chi connectivity index (χ3v) is 2.57. The van der Waals surface area contributed by atoms with E-state index in [0.717, 1.165) is 0 Å². The molecular weight excluding hydrogens is 268 g/mol. The van der Waals surface area contributed by atoms with Gasteiger partial charge < -0.3 is 15.2 Å². The summed E-state index contributed by atoms with van der Waals surface area (Å²) in [5.74, 6) is 0.696. The van der Waals surface area contributed by atoms with Gasteiger partial charge in [0.25, 0.3) is 0 Å². The molecule has 2 aromatic rings. The lowest BCUT2D eigenvalue weighted by molar-refractivity contribution is 0.391. The molecule has 2 N–H and O–H groups in total. The molecule has 0 aliphatic carbocycles. The highest BCUT2D eigenvalue weighted by molar-refractivity contribution is 6.32. The van der Waals surface area contributed by atoms with Gasteiger partial charge >= 0.3 is 0 Å². The van der Waals surface area contributed by atoms with E-state index in [-0.39, 0.29) is 22.5 Å². The molecular formula is C12H9ClN4O2. The van der Waals surface area contributed by atoms with Gasteiger partial charge in [0, 0.05) is 0 Å². The number of nitrogens with two attached hydrogens (primary N) is 1. The van der Waals surface area contributed by atoms with Crippen molar-refractivity contribution in [2.24, 2.45) is 0 Å². The van der Waals surface area contributed by atoms with Crippen LogP contribution in [0.4, 0.5) is 5.69 Å². The first-order valence-corrected chi connectivity index (χ1v) is 5.55. The van der Waals surface area contributed by atoms with E-state index in [4.69, 9.17) is 32.1 Å². The maximum absolute atomic E-state index is 8.75. The average Bonchev–Trinajstić information content (AvgIpc) is 2.43. The normalized spacial score (nSPS) is 9.74. The van der Waals surface area contributed by atoms with Gasteiger partial charge in [0.1, 0.15) is 12.1 Å². The Morgan fingerprint density at radius 1 is 1.32 bits per heavy atom. The maximum Gasteiger partial charge on any atom is 0.249 e. The van der Waals surface area contributed by atoms with Gasteiger partial charge in [-0.2, -0.15) is 15.2 Å². The van der Waals surface area contributed by atoms with E-state index < -0.39 is 0 Å². The van der Waals surface area contributed by atoms with Crippen LogP contribution in [0.5, 0.6) is 17.5 Å². The molecule has 1 aromatic carbocycles. The number of nitriles is 1. The van der Waals surface area contributed by atoms with Gasteiger partial charge in [0.05, 0.1) is 23.8 Å². The zero-order chi connectivity index (χ0) is 13.8. The average molecular weight is 277 g/mol. The molecule has 7 heteroatoms. The van der Waals surface area contributed by atoms with Crippen LogP contribution in [-0.2, 0) is 0 Å². The second-order valence-corrected chi connectivity index (χ2v) is 3.87. The molecule has 0 aliphatic rings. The molecule has 2 rings (SSSR count). The van der Waals surface area contributed by atoms with Gasteiger partial charge in [0.2, 0.25) is 11.8 Å². The van der Waals surface area contributed by atoms with Crippen molar-refractivity contribution in [2.75, 3.05) is 12.8 Å². The number of hydrogen-bond donors (Lipinski definition) is 1. The van der Waals surface area contributed by atoms with Crippen molar-refractivity contribution in [1.29, 1.82) is 5.26 Å². The van der Waals surface area contributed by atoms with Crippen LogP contribution in [0, 0.1) is 11.3 Å². The first kappa shape index (κ1) is 12.9. The fraction of sp³-hybridized carbons (Fsp3) is 0.0833. The van der Waals surface area contributed by atoms with Crippen molar-refractivity contribution < 1.29 is 9.47 Å². The van der Waals surface area contributed by atoms with Crippen molar-refractivity contribution >= 4 is 17.3 Å². The second kappa shape index (κ2) is 5.42. The van der Waals surface area contributed by atoms with E-state index >= 15 is 0 Å². The summed E-state index contributed by atoms with van der Waals surface area (Å²) in [6, 6.07) is 6.61. The monoisotopic (exact) mass is 276 g/mol. The molecule has 96 valence electrons. The minimum atomic E-state index is 0.137. The zero-order valence-corrected chi connectivity index (χ0v) is 10.7. The third kappa shape index (κ3) is 2.67. The minimum Gasteiger partial charge on any atom is -0.479 e. The molecule has 0 saturated heterocycles. The Morgan fingerprint density at radius 3 is 2.68 bits per heavy atom. The van der Waals surface area contributed by atoms with Crippen LogP contribution in [0.25, 0.3) is 0 Å². The van der Waals surface area contributed by atoms with Gasteiger partial charge in [-0.25, -0.2) is 0 Å². The van der Waals surface area contributed by atoms with Gasteiger partial charge in [-0.1, -0.05) is 11.6 Å². The first-order chi connectivity index (χ1) is 9.15. The van der Waals surface area contributed by atoms with E-state index in [2.05, 4.69) is 9.97 Å².